The average Bonchev–Trinajstić information content (AvgIpc) is 2.97. The number of nitrogens with zero attached hydrogens (tertiary/aromatic N) is 3. The number of hydrogen-bond acceptors (Lipinski definition) is 4. The molecular weight excluding hydrogens is 290 g/mol. The number of benzene rings is 1. The Bertz CT molecular complexity index is 633. The highest BCUT2D eigenvalue weighted by molar-refractivity contribution is 5.79. The van der Waals surface area contributed by atoms with Crippen LogP contribution in [-0.4, -0.2) is 36.2 Å². The molecule has 0 saturated carbocycles. The van der Waals surface area contributed by atoms with Gasteiger partial charge in [-0.05, 0) is 12.5 Å². The van der Waals surface area contributed by atoms with Gasteiger partial charge < -0.3 is 15.2 Å². The van der Waals surface area contributed by atoms with Crippen molar-refractivity contribution in [3.63, 3.8) is 0 Å². The van der Waals surface area contributed by atoms with Gasteiger partial charge in [-0.25, -0.2) is 0 Å². The number of guanidine groups is 1. The average molecular weight is 315 g/mol. The van der Waals surface area contributed by atoms with Crippen molar-refractivity contribution in [2.45, 2.75) is 32.6 Å². The van der Waals surface area contributed by atoms with Gasteiger partial charge in [-0.3, -0.25) is 4.99 Å². The van der Waals surface area contributed by atoms with Gasteiger partial charge in [0.15, 0.2) is 11.8 Å². The largest absolute Gasteiger partial charge is 0.356 e. The van der Waals surface area contributed by atoms with E-state index in [-0.39, 0.29) is 5.41 Å². The lowest BCUT2D eigenvalue weighted by atomic mass is 9.85. The van der Waals surface area contributed by atoms with Crippen LogP contribution in [0, 0.1) is 6.92 Å². The molecule has 0 aliphatic carbocycles. The number of nitrogens with one attached hydrogen (secondary N) is 2. The van der Waals surface area contributed by atoms with Crippen molar-refractivity contribution in [3.05, 3.63) is 47.6 Å². The minimum absolute atomic E-state index is 0.0163. The van der Waals surface area contributed by atoms with Gasteiger partial charge >= 0.3 is 0 Å². The van der Waals surface area contributed by atoms with E-state index in [2.05, 4.69) is 63.9 Å². The molecule has 0 unspecified atom stereocenters. The van der Waals surface area contributed by atoms with E-state index < -0.39 is 0 Å². The Morgan fingerprint density at radius 2 is 1.96 bits per heavy atom. The van der Waals surface area contributed by atoms with Gasteiger partial charge in [-0.15, -0.1) is 0 Å². The number of hydrogen-bond donors (Lipinski definition) is 2. The number of aryl methyl sites for hydroxylation is 1. The lowest BCUT2D eigenvalue weighted by molar-refractivity contribution is 0.374. The maximum atomic E-state index is 5.09. The third kappa shape index (κ3) is 5.09. The molecule has 23 heavy (non-hydrogen) atoms. The molecule has 0 bridgehead atoms. The molecule has 0 spiro atoms. The van der Waals surface area contributed by atoms with E-state index in [0.29, 0.717) is 24.7 Å². The maximum Gasteiger partial charge on any atom is 0.228 e. The van der Waals surface area contributed by atoms with E-state index in [0.717, 1.165) is 12.5 Å². The second kappa shape index (κ2) is 7.76. The Kier molecular flexibility index (Phi) is 5.73. The van der Waals surface area contributed by atoms with Crippen molar-refractivity contribution >= 4 is 5.96 Å². The van der Waals surface area contributed by atoms with E-state index in [9.17, 15) is 0 Å². The predicted molar refractivity (Wildman–Crippen MR) is 91.6 cm³/mol. The molecule has 1 aromatic heterocycles. The van der Waals surface area contributed by atoms with Crippen molar-refractivity contribution < 1.29 is 4.52 Å². The SMILES string of the molecule is CN=C(NCCc1nc(C)no1)NCC(C)(C)c1ccccc1. The van der Waals surface area contributed by atoms with E-state index in [4.69, 9.17) is 4.52 Å². The molecule has 0 saturated heterocycles. The highest BCUT2D eigenvalue weighted by Crippen LogP contribution is 2.21. The van der Waals surface area contributed by atoms with E-state index in [1.54, 1.807) is 7.05 Å². The summed E-state index contributed by atoms with van der Waals surface area (Å²) in [6.07, 6.45) is 0.670. The minimum Gasteiger partial charge on any atom is -0.356 e. The highest BCUT2D eigenvalue weighted by atomic mass is 16.5. The number of rotatable bonds is 6. The molecule has 2 aromatic rings. The molecule has 1 heterocycles. The summed E-state index contributed by atoms with van der Waals surface area (Å²) >= 11 is 0. The Morgan fingerprint density at radius 3 is 2.57 bits per heavy atom. The van der Waals surface area contributed by atoms with Crippen LogP contribution in [0.25, 0.3) is 0 Å². The minimum atomic E-state index is 0.0163. The first-order valence-corrected chi connectivity index (χ1v) is 7.80. The van der Waals surface area contributed by atoms with Gasteiger partial charge in [0.25, 0.3) is 0 Å². The summed E-state index contributed by atoms with van der Waals surface area (Å²) in [5, 5.41) is 10.4. The fourth-order valence-electron chi connectivity index (χ4n) is 2.25. The Labute approximate surface area is 137 Å². The van der Waals surface area contributed by atoms with E-state index >= 15 is 0 Å². The van der Waals surface area contributed by atoms with E-state index in [1.165, 1.54) is 5.56 Å². The van der Waals surface area contributed by atoms with Crippen LogP contribution in [0.5, 0.6) is 0 Å². The Balaban J connectivity index is 1.80. The maximum absolute atomic E-state index is 5.09. The zero-order valence-electron chi connectivity index (χ0n) is 14.3. The van der Waals surface area contributed by atoms with Crippen LogP contribution in [0.3, 0.4) is 0 Å². The Hall–Kier alpha value is -2.37. The molecular formula is C17H25N5O. The zero-order chi connectivity index (χ0) is 16.7. The third-order valence-corrected chi connectivity index (χ3v) is 3.68. The first kappa shape index (κ1) is 17.0. The van der Waals surface area contributed by atoms with Crippen LogP contribution >= 0.6 is 0 Å². The Morgan fingerprint density at radius 1 is 1.22 bits per heavy atom. The normalized spacial score (nSPS) is 12.3. The summed E-state index contributed by atoms with van der Waals surface area (Å²) in [7, 11) is 1.77. The fraction of sp³-hybridized carbons (Fsp3) is 0.471. The molecule has 6 nitrogen and oxygen atoms in total. The third-order valence-electron chi connectivity index (χ3n) is 3.68. The first-order chi connectivity index (χ1) is 11.0. The van der Waals surface area contributed by atoms with Gasteiger partial charge in [0.2, 0.25) is 5.89 Å². The molecule has 0 fully saturated rings. The highest BCUT2D eigenvalue weighted by Gasteiger charge is 2.20. The van der Waals surface area contributed by atoms with Crippen molar-refractivity contribution in [2.75, 3.05) is 20.1 Å². The topological polar surface area (TPSA) is 75.3 Å². The van der Waals surface area contributed by atoms with Gasteiger partial charge in [-0.2, -0.15) is 4.98 Å². The monoisotopic (exact) mass is 315 g/mol. The summed E-state index contributed by atoms with van der Waals surface area (Å²) in [6, 6.07) is 10.5. The molecule has 2 N–H and O–H groups in total. The molecule has 0 aliphatic heterocycles. The smallest absolute Gasteiger partial charge is 0.228 e. The quantitative estimate of drug-likeness (QED) is 0.630. The standard InChI is InChI=1S/C17H25N5O/c1-13-21-15(23-22-13)10-11-19-16(18-4)20-12-17(2,3)14-8-6-5-7-9-14/h5-9H,10-12H2,1-4H3,(H2,18,19,20). The van der Waals surface area contributed by atoms with Crippen LogP contribution in [0.4, 0.5) is 0 Å². The van der Waals surface area contributed by atoms with Crippen LogP contribution in [0.2, 0.25) is 0 Å². The van der Waals surface area contributed by atoms with Crippen LogP contribution in [-0.2, 0) is 11.8 Å². The van der Waals surface area contributed by atoms with Crippen molar-refractivity contribution in [3.8, 4) is 0 Å². The van der Waals surface area contributed by atoms with Crippen molar-refractivity contribution in [1.82, 2.24) is 20.8 Å². The second-order valence-electron chi connectivity index (χ2n) is 6.09. The van der Waals surface area contributed by atoms with Crippen molar-refractivity contribution in [2.24, 2.45) is 4.99 Å². The second-order valence-corrected chi connectivity index (χ2v) is 6.09. The van der Waals surface area contributed by atoms with Crippen LogP contribution in [0.1, 0.15) is 31.1 Å². The summed E-state index contributed by atoms with van der Waals surface area (Å²) < 4.78 is 5.09. The molecule has 2 rings (SSSR count). The molecule has 0 aliphatic rings. The molecule has 0 amide bonds. The molecule has 6 heteroatoms. The molecule has 0 atom stereocenters. The lowest BCUT2D eigenvalue weighted by Crippen LogP contribution is -2.44. The summed E-state index contributed by atoms with van der Waals surface area (Å²) in [4.78, 5) is 8.43. The molecule has 124 valence electrons. The van der Waals surface area contributed by atoms with Crippen molar-refractivity contribution in [1.29, 1.82) is 0 Å². The summed E-state index contributed by atoms with van der Waals surface area (Å²) in [5.41, 5.74) is 1.31. The van der Waals surface area contributed by atoms with E-state index in [1.807, 2.05) is 13.0 Å². The molecule has 0 radical (unpaired) electrons. The van der Waals surface area contributed by atoms with Gasteiger partial charge in [-0.1, -0.05) is 49.3 Å². The lowest BCUT2D eigenvalue weighted by Gasteiger charge is -2.26. The molecule has 1 aromatic carbocycles. The van der Waals surface area contributed by atoms with Crippen LogP contribution in [0.15, 0.2) is 39.8 Å². The van der Waals surface area contributed by atoms with Gasteiger partial charge in [0.1, 0.15) is 0 Å². The summed E-state index contributed by atoms with van der Waals surface area (Å²) in [5.74, 6) is 2.06. The first-order valence-electron chi connectivity index (χ1n) is 7.80. The number of aliphatic imine (C=N–C) groups is 1. The van der Waals surface area contributed by atoms with Gasteiger partial charge in [0, 0.05) is 32.0 Å². The zero-order valence-corrected chi connectivity index (χ0v) is 14.3. The predicted octanol–water partition coefficient (Wildman–Crippen LogP) is 2.06. The number of aromatic nitrogens is 2. The fourth-order valence-corrected chi connectivity index (χ4v) is 2.25. The summed E-state index contributed by atoms with van der Waals surface area (Å²) in [6.45, 7) is 7.71. The van der Waals surface area contributed by atoms with Crippen LogP contribution < -0.4 is 10.6 Å². The van der Waals surface area contributed by atoms with Gasteiger partial charge in [0.05, 0.1) is 0 Å².